The van der Waals surface area contributed by atoms with E-state index in [1.807, 2.05) is 22.8 Å². The highest BCUT2D eigenvalue weighted by atomic mass is 16.5. The summed E-state index contributed by atoms with van der Waals surface area (Å²) in [6.45, 7) is 0.718. The van der Waals surface area contributed by atoms with Gasteiger partial charge in [0.1, 0.15) is 6.10 Å². The summed E-state index contributed by atoms with van der Waals surface area (Å²) in [4.78, 5) is 15.1. The van der Waals surface area contributed by atoms with Crippen LogP contribution in [-0.2, 0) is 13.0 Å². The molecule has 22 heavy (non-hydrogen) atoms. The van der Waals surface area contributed by atoms with Crippen molar-refractivity contribution in [2.24, 2.45) is 0 Å². The Hall–Kier alpha value is -2.50. The molecule has 0 bridgehead atoms. The lowest BCUT2D eigenvalue weighted by molar-refractivity contribution is 0.214. The third-order valence-electron chi connectivity index (χ3n) is 3.72. The number of methoxy groups -OCH3 is 2. The Kier molecular flexibility index (Phi) is 4.00. The highest BCUT2D eigenvalue weighted by Crippen LogP contribution is 2.28. The third kappa shape index (κ3) is 2.90. The number of nitrogens with zero attached hydrogens (tertiary/aromatic N) is 2. The Morgan fingerprint density at radius 3 is 2.86 bits per heavy atom. The van der Waals surface area contributed by atoms with Gasteiger partial charge in [0.15, 0.2) is 11.5 Å². The molecule has 1 unspecified atom stereocenters. The van der Waals surface area contributed by atoms with Crippen molar-refractivity contribution in [2.45, 2.75) is 25.5 Å². The first-order chi connectivity index (χ1) is 10.7. The largest absolute Gasteiger partial charge is 0.493 e. The Bertz CT molecular complexity index is 726. The molecule has 0 N–H and O–H groups in total. The van der Waals surface area contributed by atoms with Crippen LogP contribution >= 0.6 is 0 Å². The minimum Gasteiger partial charge on any atom is -0.493 e. The van der Waals surface area contributed by atoms with Gasteiger partial charge in [-0.3, -0.25) is 9.36 Å². The van der Waals surface area contributed by atoms with Gasteiger partial charge in [0.25, 0.3) is 11.6 Å². The van der Waals surface area contributed by atoms with E-state index in [2.05, 4.69) is 4.98 Å². The smallest absolute Gasteiger partial charge is 0.300 e. The topological polar surface area (TPSA) is 62.6 Å². The minimum atomic E-state index is -0.271. The highest BCUT2D eigenvalue weighted by Gasteiger charge is 2.22. The molecule has 1 aliphatic rings. The quantitative estimate of drug-likeness (QED) is 0.840. The summed E-state index contributed by atoms with van der Waals surface area (Å²) in [5.74, 6) is 1.45. The third-order valence-corrected chi connectivity index (χ3v) is 3.72. The molecular weight excluding hydrogens is 284 g/mol. The van der Waals surface area contributed by atoms with E-state index in [4.69, 9.17) is 14.2 Å². The zero-order valence-electron chi connectivity index (χ0n) is 12.6. The molecule has 0 radical (unpaired) electrons. The van der Waals surface area contributed by atoms with E-state index in [9.17, 15) is 4.79 Å². The van der Waals surface area contributed by atoms with Crippen LogP contribution in [-0.4, -0.2) is 29.9 Å². The number of hydrogen-bond acceptors (Lipinski definition) is 5. The van der Waals surface area contributed by atoms with Crippen LogP contribution in [0.25, 0.3) is 0 Å². The summed E-state index contributed by atoms with van der Waals surface area (Å²) in [6.07, 6.45) is 3.44. The van der Waals surface area contributed by atoms with Gasteiger partial charge in [-0.05, 0) is 30.5 Å². The van der Waals surface area contributed by atoms with Crippen molar-refractivity contribution < 1.29 is 14.2 Å². The lowest BCUT2D eigenvalue weighted by atomic mass is 10.1. The number of ether oxygens (including phenoxy) is 3. The zero-order valence-corrected chi connectivity index (χ0v) is 12.6. The second-order valence-corrected chi connectivity index (χ2v) is 5.17. The average Bonchev–Trinajstić information content (AvgIpc) is 2.94. The maximum absolute atomic E-state index is 11.2. The van der Waals surface area contributed by atoms with Crippen LogP contribution in [0.5, 0.6) is 17.5 Å². The summed E-state index contributed by atoms with van der Waals surface area (Å²) in [5.41, 5.74) is 0.881. The molecule has 0 saturated heterocycles. The van der Waals surface area contributed by atoms with Crippen LogP contribution in [0.3, 0.4) is 0 Å². The van der Waals surface area contributed by atoms with Gasteiger partial charge in [0, 0.05) is 12.3 Å². The number of aryl methyl sites for hydroxylation is 1. The SMILES string of the molecule is COc1ccc(CCC2Cn3ccc(=O)nc3O2)cc1OC. The molecule has 6 heteroatoms. The number of rotatable bonds is 5. The Balaban J connectivity index is 1.63. The predicted octanol–water partition coefficient (Wildman–Crippen LogP) is 1.65. The first-order valence-corrected chi connectivity index (χ1v) is 7.14. The normalized spacial score (nSPS) is 16.0. The predicted molar refractivity (Wildman–Crippen MR) is 80.8 cm³/mol. The molecule has 2 aromatic rings. The summed E-state index contributed by atoms with van der Waals surface area (Å²) in [6, 6.07) is 7.75. The minimum absolute atomic E-state index is 0.0300. The fourth-order valence-corrected chi connectivity index (χ4v) is 2.57. The molecule has 0 fully saturated rings. The van der Waals surface area contributed by atoms with Crippen LogP contribution in [0.1, 0.15) is 12.0 Å². The first kappa shape index (κ1) is 14.4. The number of hydrogen-bond donors (Lipinski definition) is 0. The number of aromatic nitrogens is 2. The second kappa shape index (κ2) is 6.09. The molecule has 6 nitrogen and oxygen atoms in total. The highest BCUT2D eigenvalue weighted by molar-refractivity contribution is 5.42. The molecule has 0 saturated carbocycles. The summed E-state index contributed by atoms with van der Waals surface area (Å²) >= 11 is 0. The van der Waals surface area contributed by atoms with Gasteiger partial charge in [-0.15, -0.1) is 0 Å². The van der Waals surface area contributed by atoms with E-state index in [0.717, 1.165) is 36.4 Å². The van der Waals surface area contributed by atoms with Crippen molar-refractivity contribution >= 4 is 0 Å². The van der Waals surface area contributed by atoms with Crippen LogP contribution < -0.4 is 19.8 Å². The van der Waals surface area contributed by atoms with Crippen molar-refractivity contribution in [3.8, 4) is 17.5 Å². The lowest BCUT2D eigenvalue weighted by Crippen LogP contribution is -2.15. The van der Waals surface area contributed by atoms with Gasteiger partial charge in [-0.1, -0.05) is 6.07 Å². The molecule has 0 amide bonds. The van der Waals surface area contributed by atoms with Crippen molar-refractivity contribution in [1.82, 2.24) is 9.55 Å². The van der Waals surface area contributed by atoms with Crippen LogP contribution in [0.4, 0.5) is 0 Å². The summed E-state index contributed by atoms with van der Waals surface area (Å²) < 4.78 is 18.1. The first-order valence-electron chi connectivity index (χ1n) is 7.14. The molecule has 3 rings (SSSR count). The van der Waals surface area contributed by atoms with E-state index in [1.165, 1.54) is 6.07 Å². The molecule has 116 valence electrons. The second-order valence-electron chi connectivity index (χ2n) is 5.17. The summed E-state index contributed by atoms with van der Waals surface area (Å²) in [5, 5.41) is 0. The van der Waals surface area contributed by atoms with E-state index >= 15 is 0 Å². The van der Waals surface area contributed by atoms with E-state index < -0.39 is 0 Å². The van der Waals surface area contributed by atoms with E-state index in [0.29, 0.717) is 6.01 Å². The average molecular weight is 302 g/mol. The van der Waals surface area contributed by atoms with Crippen molar-refractivity contribution in [2.75, 3.05) is 14.2 Å². The Labute approximate surface area is 128 Å². The van der Waals surface area contributed by atoms with Crippen molar-refractivity contribution in [3.63, 3.8) is 0 Å². The standard InChI is InChI=1S/C16H18N2O4/c1-20-13-6-4-11(9-14(13)21-2)3-5-12-10-18-8-7-15(19)17-16(18)22-12/h4,6-9,12H,3,5,10H2,1-2H3. The fraction of sp³-hybridized carbons (Fsp3) is 0.375. The van der Waals surface area contributed by atoms with Gasteiger partial charge in [0.2, 0.25) is 0 Å². The van der Waals surface area contributed by atoms with E-state index in [-0.39, 0.29) is 11.7 Å². The Morgan fingerprint density at radius 2 is 2.09 bits per heavy atom. The molecular formula is C16H18N2O4. The fourth-order valence-electron chi connectivity index (χ4n) is 2.57. The molecule has 1 aromatic heterocycles. The van der Waals surface area contributed by atoms with Gasteiger partial charge in [0.05, 0.1) is 20.8 Å². The molecule has 2 heterocycles. The maximum atomic E-state index is 11.2. The van der Waals surface area contributed by atoms with Gasteiger partial charge < -0.3 is 14.2 Å². The van der Waals surface area contributed by atoms with E-state index in [1.54, 1.807) is 20.4 Å². The molecule has 1 aliphatic heterocycles. The number of benzene rings is 1. The monoisotopic (exact) mass is 302 g/mol. The maximum Gasteiger partial charge on any atom is 0.300 e. The van der Waals surface area contributed by atoms with Gasteiger partial charge >= 0.3 is 0 Å². The van der Waals surface area contributed by atoms with Crippen LogP contribution in [0.15, 0.2) is 35.3 Å². The van der Waals surface area contributed by atoms with Crippen molar-refractivity contribution in [1.29, 1.82) is 0 Å². The lowest BCUT2D eigenvalue weighted by Gasteiger charge is -2.11. The molecule has 1 atom stereocenters. The molecule has 1 aromatic carbocycles. The molecule has 0 spiro atoms. The van der Waals surface area contributed by atoms with Gasteiger partial charge in [-0.2, -0.15) is 4.98 Å². The van der Waals surface area contributed by atoms with Crippen LogP contribution in [0.2, 0.25) is 0 Å². The summed E-state index contributed by atoms with van der Waals surface area (Å²) in [7, 11) is 3.25. The number of fused-ring (bicyclic) bond motifs is 1. The zero-order chi connectivity index (χ0) is 15.5. The van der Waals surface area contributed by atoms with Crippen LogP contribution in [0, 0.1) is 0 Å². The van der Waals surface area contributed by atoms with Crippen molar-refractivity contribution in [3.05, 3.63) is 46.4 Å². The Morgan fingerprint density at radius 1 is 1.27 bits per heavy atom. The molecule has 0 aliphatic carbocycles. The van der Waals surface area contributed by atoms with Gasteiger partial charge in [-0.25, -0.2) is 0 Å².